The van der Waals surface area contributed by atoms with Gasteiger partial charge in [0.2, 0.25) is 5.88 Å². The number of hydrogen-bond donors (Lipinski definition) is 0. The SMILES string of the molecule is COc1ccc(COc2ccc(Cn3cnc4cc(N5CCOCC5)ccc43)cc2OC)cn1. The minimum atomic E-state index is 0.393. The highest BCUT2D eigenvalue weighted by molar-refractivity contribution is 5.80. The van der Waals surface area contributed by atoms with Crippen LogP contribution < -0.4 is 19.1 Å². The predicted octanol–water partition coefficient (Wildman–Crippen LogP) is 3.91. The lowest BCUT2D eigenvalue weighted by molar-refractivity contribution is 0.122. The van der Waals surface area contributed by atoms with Crippen LogP contribution in [-0.2, 0) is 17.9 Å². The number of benzene rings is 2. The molecular formula is C26H28N4O4. The third-order valence-corrected chi connectivity index (χ3v) is 5.96. The number of pyridine rings is 1. The Kier molecular flexibility index (Phi) is 6.49. The Balaban J connectivity index is 1.29. The van der Waals surface area contributed by atoms with Gasteiger partial charge >= 0.3 is 0 Å². The smallest absolute Gasteiger partial charge is 0.212 e. The number of rotatable bonds is 8. The lowest BCUT2D eigenvalue weighted by atomic mass is 10.2. The normalized spacial score (nSPS) is 13.8. The fourth-order valence-corrected chi connectivity index (χ4v) is 4.10. The second-order valence-corrected chi connectivity index (χ2v) is 8.13. The molecule has 0 spiro atoms. The number of aromatic nitrogens is 3. The van der Waals surface area contributed by atoms with Crippen LogP contribution in [0.15, 0.2) is 61.1 Å². The summed E-state index contributed by atoms with van der Waals surface area (Å²) in [4.78, 5) is 11.2. The van der Waals surface area contributed by atoms with E-state index in [9.17, 15) is 0 Å². The summed E-state index contributed by atoms with van der Waals surface area (Å²) in [7, 11) is 3.25. The molecule has 0 unspecified atom stereocenters. The lowest BCUT2D eigenvalue weighted by Crippen LogP contribution is -2.36. The molecule has 1 aliphatic rings. The average molecular weight is 461 g/mol. The molecule has 0 atom stereocenters. The fourth-order valence-electron chi connectivity index (χ4n) is 4.10. The number of ether oxygens (including phenoxy) is 4. The van der Waals surface area contributed by atoms with E-state index in [-0.39, 0.29) is 0 Å². The van der Waals surface area contributed by atoms with Crippen molar-refractivity contribution in [2.45, 2.75) is 13.2 Å². The third-order valence-electron chi connectivity index (χ3n) is 5.96. The molecule has 8 heteroatoms. The molecule has 5 rings (SSSR count). The van der Waals surface area contributed by atoms with Crippen molar-refractivity contribution in [1.82, 2.24) is 14.5 Å². The van der Waals surface area contributed by atoms with Crippen LogP contribution in [0.1, 0.15) is 11.1 Å². The van der Waals surface area contributed by atoms with Gasteiger partial charge < -0.3 is 28.4 Å². The van der Waals surface area contributed by atoms with Gasteiger partial charge in [0.25, 0.3) is 0 Å². The van der Waals surface area contributed by atoms with E-state index in [1.807, 2.05) is 30.6 Å². The number of hydrogen-bond acceptors (Lipinski definition) is 7. The van der Waals surface area contributed by atoms with Gasteiger partial charge in [-0.1, -0.05) is 6.07 Å². The topological polar surface area (TPSA) is 70.9 Å². The van der Waals surface area contributed by atoms with Crippen molar-refractivity contribution >= 4 is 16.7 Å². The van der Waals surface area contributed by atoms with Crippen LogP contribution in [0.5, 0.6) is 17.4 Å². The van der Waals surface area contributed by atoms with Gasteiger partial charge in [0.1, 0.15) is 6.61 Å². The molecule has 0 saturated carbocycles. The number of nitrogens with zero attached hydrogens (tertiary/aromatic N) is 4. The van der Waals surface area contributed by atoms with Crippen molar-refractivity contribution in [2.24, 2.45) is 0 Å². The van der Waals surface area contributed by atoms with Crippen molar-refractivity contribution in [1.29, 1.82) is 0 Å². The lowest BCUT2D eigenvalue weighted by Gasteiger charge is -2.28. The summed E-state index contributed by atoms with van der Waals surface area (Å²) < 4.78 is 24.3. The van der Waals surface area contributed by atoms with Gasteiger partial charge in [0.15, 0.2) is 11.5 Å². The standard InChI is InChI=1S/C26H28N4O4/c1-31-25-13-19(3-7-24(25)34-17-20-4-8-26(32-2)27-15-20)16-30-18-28-22-14-21(5-6-23(22)30)29-9-11-33-12-10-29/h3-8,13-15,18H,9-12,16-17H2,1-2H3. The Hall–Kier alpha value is -3.78. The number of methoxy groups -OCH3 is 2. The maximum Gasteiger partial charge on any atom is 0.212 e. The van der Waals surface area contributed by atoms with Gasteiger partial charge in [-0.25, -0.2) is 9.97 Å². The maximum atomic E-state index is 5.98. The monoisotopic (exact) mass is 460 g/mol. The van der Waals surface area contributed by atoms with Crippen LogP contribution in [-0.4, -0.2) is 55.1 Å². The number of anilines is 1. The second-order valence-electron chi connectivity index (χ2n) is 8.13. The predicted molar refractivity (Wildman–Crippen MR) is 130 cm³/mol. The molecule has 0 bridgehead atoms. The fraction of sp³-hybridized carbons (Fsp3) is 0.308. The van der Waals surface area contributed by atoms with E-state index in [1.165, 1.54) is 5.69 Å². The van der Waals surface area contributed by atoms with Gasteiger partial charge in [-0.2, -0.15) is 0 Å². The molecule has 1 aliphatic heterocycles. The van der Waals surface area contributed by atoms with E-state index in [1.54, 1.807) is 20.4 Å². The van der Waals surface area contributed by atoms with Crippen molar-refractivity contribution in [3.8, 4) is 17.4 Å². The van der Waals surface area contributed by atoms with E-state index in [2.05, 4.69) is 43.7 Å². The third kappa shape index (κ3) is 4.77. The van der Waals surface area contributed by atoms with Crippen LogP contribution in [0.3, 0.4) is 0 Å². The van der Waals surface area contributed by atoms with Gasteiger partial charge in [-0.15, -0.1) is 0 Å². The maximum absolute atomic E-state index is 5.98. The molecular weight excluding hydrogens is 432 g/mol. The van der Waals surface area contributed by atoms with Crippen molar-refractivity contribution in [2.75, 3.05) is 45.4 Å². The number of imidazole rings is 1. The van der Waals surface area contributed by atoms with E-state index >= 15 is 0 Å². The first kappa shape index (κ1) is 22.0. The van der Waals surface area contributed by atoms with E-state index in [0.717, 1.165) is 48.5 Å². The number of fused-ring (bicyclic) bond motifs is 1. The van der Waals surface area contributed by atoms with Crippen LogP contribution in [0, 0.1) is 0 Å². The highest BCUT2D eigenvalue weighted by Gasteiger charge is 2.14. The summed E-state index contributed by atoms with van der Waals surface area (Å²) in [6.07, 6.45) is 3.63. The quantitative estimate of drug-likeness (QED) is 0.395. The zero-order valence-corrected chi connectivity index (χ0v) is 19.4. The van der Waals surface area contributed by atoms with Crippen molar-refractivity contribution < 1.29 is 18.9 Å². The Labute approximate surface area is 198 Å². The first-order valence-electron chi connectivity index (χ1n) is 11.3. The van der Waals surface area contributed by atoms with Crippen molar-refractivity contribution in [3.05, 3.63) is 72.2 Å². The van der Waals surface area contributed by atoms with Crippen LogP contribution >= 0.6 is 0 Å². The van der Waals surface area contributed by atoms with Gasteiger partial charge in [0.05, 0.1) is 44.8 Å². The zero-order valence-electron chi connectivity index (χ0n) is 19.4. The molecule has 2 aromatic heterocycles. The second kappa shape index (κ2) is 10.0. The average Bonchev–Trinajstić information content (AvgIpc) is 3.30. The summed E-state index contributed by atoms with van der Waals surface area (Å²) >= 11 is 0. The molecule has 1 fully saturated rings. The molecule has 34 heavy (non-hydrogen) atoms. The Bertz CT molecular complexity index is 1250. The molecule has 8 nitrogen and oxygen atoms in total. The molecule has 0 aliphatic carbocycles. The molecule has 0 N–H and O–H groups in total. The van der Waals surface area contributed by atoms with Gasteiger partial charge in [0, 0.05) is 43.1 Å². The first-order chi connectivity index (χ1) is 16.7. The summed E-state index contributed by atoms with van der Waals surface area (Å²) in [6, 6.07) is 16.2. The molecule has 176 valence electrons. The number of morpholine rings is 1. The molecule has 4 aromatic rings. The summed E-state index contributed by atoms with van der Waals surface area (Å²) in [6.45, 7) is 4.44. The van der Waals surface area contributed by atoms with E-state index in [0.29, 0.717) is 30.5 Å². The molecule has 3 heterocycles. The molecule has 1 saturated heterocycles. The molecule has 0 radical (unpaired) electrons. The summed E-state index contributed by atoms with van der Waals surface area (Å²) in [5.74, 6) is 1.96. The Morgan fingerprint density at radius 3 is 2.50 bits per heavy atom. The van der Waals surface area contributed by atoms with Crippen LogP contribution in [0.2, 0.25) is 0 Å². The van der Waals surface area contributed by atoms with Crippen LogP contribution in [0.25, 0.3) is 11.0 Å². The Morgan fingerprint density at radius 1 is 0.882 bits per heavy atom. The summed E-state index contributed by atoms with van der Waals surface area (Å²) in [5, 5.41) is 0. The zero-order chi connectivity index (χ0) is 23.3. The van der Waals surface area contributed by atoms with Gasteiger partial charge in [-0.05, 0) is 42.0 Å². The highest BCUT2D eigenvalue weighted by Crippen LogP contribution is 2.30. The Morgan fingerprint density at radius 2 is 1.74 bits per heavy atom. The minimum Gasteiger partial charge on any atom is -0.493 e. The largest absolute Gasteiger partial charge is 0.493 e. The summed E-state index contributed by atoms with van der Waals surface area (Å²) in [5.41, 5.74) is 5.34. The minimum absolute atomic E-state index is 0.393. The molecule has 0 amide bonds. The molecule has 2 aromatic carbocycles. The van der Waals surface area contributed by atoms with Gasteiger partial charge in [-0.3, -0.25) is 0 Å². The van der Waals surface area contributed by atoms with E-state index in [4.69, 9.17) is 18.9 Å². The first-order valence-corrected chi connectivity index (χ1v) is 11.3. The van der Waals surface area contributed by atoms with E-state index < -0.39 is 0 Å². The highest BCUT2D eigenvalue weighted by atomic mass is 16.5. The van der Waals surface area contributed by atoms with Crippen LogP contribution in [0.4, 0.5) is 5.69 Å². The van der Waals surface area contributed by atoms with Crippen molar-refractivity contribution in [3.63, 3.8) is 0 Å².